The molecule has 0 aromatic carbocycles. The van der Waals surface area contributed by atoms with Crippen LogP contribution in [0.5, 0.6) is 0 Å². The predicted octanol–water partition coefficient (Wildman–Crippen LogP) is -0.157. The minimum Gasteiger partial charge on any atom is -0.379 e. The molecule has 0 radical (unpaired) electrons. The lowest BCUT2D eigenvalue weighted by Crippen LogP contribution is -2.80. The molecule has 0 unspecified atom stereocenters. The summed E-state index contributed by atoms with van der Waals surface area (Å²) in [4.78, 5) is 13.5. The molecule has 4 heterocycles. The topological polar surface area (TPSA) is 72.0 Å². The first kappa shape index (κ1) is 27.8. The molecule has 0 atom stereocenters. The van der Waals surface area contributed by atoms with Crippen molar-refractivity contribution in [3.05, 3.63) is 0 Å². The first-order chi connectivity index (χ1) is 16.9. The number of rotatable bonds is 8. The van der Waals surface area contributed by atoms with E-state index in [4.69, 9.17) is 23.8 Å². The van der Waals surface area contributed by atoms with E-state index in [1.165, 1.54) is 0 Å². The molecule has 0 bridgehead atoms. The van der Waals surface area contributed by atoms with Crippen molar-refractivity contribution < 1.29 is 18.9 Å². The monoisotopic (exact) mass is 518 g/mol. The van der Waals surface area contributed by atoms with E-state index >= 15 is 0 Å². The summed E-state index contributed by atoms with van der Waals surface area (Å²) in [7, 11) is 8.63. The predicted molar refractivity (Wildman–Crippen MR) is 137 cm³/mol. The molecule has 13 heteroatoms. The Bertz CT molecular complexity index is 648. The number of nitrogens with zero attached hydrogens (tertiary/aromatic N) is 8. The van der Waals surface area contributed by atoms with Gasteiger partial charge in [-0.05, 0) is 35.2 Å². The second kappa shape index (κ2) is 12.6. The molecular formula is C22H47N8O4P. The van der Waals surface area contributed by atoms with Gasteiger partial charge in [0, 0.05) is 52.4 Å². The summed E-state index contributed by atoms with van der Waals surface area (Å²) in [5.74, 6) is -0.477. The fraction of sp³-hybridized carbons (Fsp3) is 1.00. The number of ether oxygens (including phenoxy) is 4. The second-order valence-electron chi connectivity index (χ2n) is 9.81. The summed E-state index contributed by atoms with van der Waals surface area (Å²) in [6.07, 6.45) is 0. The van der Waals surface area contributed by atoms with Crippen LogP contribution in [-0.2, 0) is 18.9 Å². The van der Waals surface area contributed by atoms with Crippen LogP contribution in [0, 0.1) is 0 Å². The summed E-state index contributed by atoms with van der Waals surface area (Å²) in [5, 5.41) is 2.23. The van der Waals surface area contributed by atoms with Crippen molar-refractivity contribution in [2.24, 2.45) is 4.85 Å². The van der Waals surface area contributed by atoms with Crippen LogP contribution in [0.15, 0.2) is 4.85 Å². The van der Waals surface area contributed by atoms with Crippen LogP contribution in [-0.4, -0.2) is 180 Å². The largest absolute Gasteiger partial charge is 0.379 e. The highest BCUT2D eigenvalue weighted by atomic mass is 31.2. The lowest BCUT2D eigenvalue weighted by atomic mass is 10.2. The Balaban J connectivity index is 1.89. The first-order valence-corrected chi connectivity index (χ1v) is 14.6. The SMILES string of the molecule is CN(C)P(=NN1CCOCC1)(N(C)C)N(C)C(N1CCOCC1)(N1CCOCC1)N1CCOCC1. The van der Waals surface area contributed by atoms with Crippen LogP contribution in [0.1, 0.15) is 0 Å². The molecule has 0 aliphatic carbocycles. The molecule has 4 aliphatic heterocycles. The minimum atomic E-state index is -2.37. The standard InChI is InChI=1S/C22H47N8O4P/c1-24(2)35(25(3)4,23-30-12-20-34-21-13-30)26(5)22(27-6-14-31-15-7-27,28-8-16-32-17-9-28)29-10-18-33-19-11-29/h6-21H2,1-5H3. The van der Waals surface area contributed by atoms with Crippen molar-refractivity contribution in [2.45, 2.75) is 5.91 Å². The molecule has 12 nitrogen and oxygen atoms in total. The zero-order valence-corrected chi connectivity index (χ0v) is 23.4. The minimum absolute atomic E-state index is 0.477. The number of hydrogen-bond acceptors (Lipinski definition) is 8. The lowest BCUT2D eigenvalue weighted by Gasteiger charge is -2.64. The molecule has 0 amide bonds. The van der Waals surface area contributed by atoms with Crippen LogP contribution in [0.25, 0.3) is 0 Å². The molecule has 0 saturated carbocycles. The van der Waals surface area contributed by atoms with Crippen molar-refractivity contribution in [1.29, 1.82) is 0 Å². The Hall–Kier alpha value is -0.210. The molecule has 4 fully saturated rings. The lowest BCUT2D eigenvalue weighted by molar-refractivity contribution is -0.267. The van der Waals surface area contributed by atoms with Crippen LogP contribution in [0.3, 0.4) is 0 Å². The van der Waals surface area contributed by atoms with Crippen molar-refractivity contribution in [3.63, 3.8) is 0 Å². The second-order valence-corrected chi connectivity index (χ2v) is 13.3. The van der Waals surface area contributed by atoms with E-state index in [-0.39, 0.29) is 0 Å². The average molecular weight is 519 g/mol. The quantitative estimate of drug-likeness (QED) is 0.403. The van der Waals surface area contributed by atoms with Gasteiger partial charge in [-0.1, -0.05) is 0 Å². The molecule has 0 aromatic heterocycles. The van der Waals surface area contributed by atoms with Crippen molar-refractivity contribution in [3.8, 4) is 0 Å². The summed E-state index contributed by atoms with van der Waals surface area (Å²) < 4.78 is 30.5. The van der Waals surface area contributed by atoms with E-state index < -0.39 is 13.4 Å². The van der Waals surface area contributed by atoms with Gasteiger partial charge in [-0.15, -0.1) is 0 Å². The highest BCUT2D eigenvalue weighted by Crippen LogP contribution is 2.60. The smallest absolute Gasteiger partial charge is 0.198 e. The molecule has 0 N–H and O–H groups in total. The average Bonchev–Trinajstić information content (AvgIpc) is 2.90. The van der Waals surface area contributed by atoms with Gasteiger partial charge in [0.15, 0.2) is 13.4 Å². The van der Waals surface area contributed by atoms with Crippen LogP contribution >= 0.6 is 7.51 Å². The van der Waals surface area contributed by atoms with E-state index in [1.807, 2.05) is 0 Å². The molecule has 204 valence electrons. The third-order valence-electron chi connectivity index (χ3n) is 7.45. The first-order valence-electron chi connectivity index (χ1n) is 13.0. The fourth-order valence-electron chi connectivity index (χ4n) is 5.91. The Morgan fingerprint density at radius 3 is 1.17 bits per heavy atom. The molecule has 4 rings (SSSR count). The molecule has 0 aromatic rings. The van der Waals surface area contributed by atoms with Gasteiger partial charge in [-0.2, -0.15) is 9.86 Å². The summed E-state index contributed by atoms with van der Waals surface area (Å²) in [5.41, 5.74) is 0. The Labute approximate surface area is 211 Å². The van der Waals surface area contributed by atoms with E-state index in [0.29, 0.717) is 0 Å². The molecule has 0 spiro atoms. The Kier molecular flexibility index (Phi) is 9.98. The van der Waals surface area contributed by atoms with Gasteiger partial charge in [0.05, 0.1) is 52.9 Å². The number of morpholine rings is 4. The maximum atomic E-state index is 5.85. The van der Waals surface area contributed by atoms with Crippen molar-refractivity contribution >= 4 is 7.51 Å². The van der Waals surface area contributed by atoms with Crippen molar-refractivity contribution in [1.82, 2.24) is 33.7 Å². The van der Waals surface area contributed by atoms with E-state index in [9.17, 15) is 0 Å². The summed E-state index contributed by atoms with van der Waals surface area (Å²) in [6, 6.07) is 0. The fourth-order valence-corrected chi connectivity index (χ4v) is 9.40. The summed E-state index contributed by atoms with van der Waals surface area (Å²) in [6.45, 7) is 12.7. The van der Waals surface area contributed by atoms with Crippen molar-refractivity contribution in [2.75, 3.05) is 140 Å². The normalized spacial score (nSPS) is 25.6. The van der Waals surface area contributed by atoms with Gasteiger partial charge in [0.2, 0.25) is 0 Å². The highest BCUT2D eigenvalue weighted by Gasteiger charge is 2.57. The Morgan fingerprint density at radius 1 is 0.543 bits per heavy atom. The summed E-state index contributed by atoms with van der Waals surface area (Å²) >= 11 is 0. The van der Waals surface area contributed by atoms with Crippen LogP contribution in [0.4, 0.5) is 0 Å². The third kappa shape index (κ3) is 5.50. The maximum Gasteiger partial charge on any atom is 0.198 e. The van der Waals surface area contributed by atoms with E-state index in [2.05, 4.69) is 69.0 Å². The molecule has 4 aliphatic rings. The van der Waals surface area contributed by atoms with E-state index in [0.717, 1.165) is 105 Å². The van der Waals surface area contributed by atoms with Crippen LogP contribution in [0.2, 0.25) is 0 Å². The van der Waals surface area contributed by atoms with Gasteiger partial charge in [0.25, 0.3) is 0 Å². The highest BCUT2D eigenvalue weighted by molar-refractivity contribution is 7.59. The zero-order chi connectivity index (χ0) is 24.9. The molecule has 35 heavy (non-hydrogen) atoms. The molecule has 4 saturated heterocycles. The van der Waals surface area contributed by atoms with Gasteiger partial charge in [-0.3, -0.25) is 24.0 Å². The Morgan fingerprint density at radius 2 is 0.857 bits per heavy atom. The van der Waals surface area contributed by atoms with Gasteiger partial charge >= 0.3 is 0 Å². The zero-order valence-electron chi connectivity index (χ0n) is 22.5. The number of hydrogen-bond donors (Lipinski definition) is 0. The van der Waals surface area contributed by atoms with Gasteiger partial charge in [-0.25, -0.2) is 4.67 Å². The van der Waals surface area contributed by atoms with Crippen LogP contribution < -0.4 is 0 Å². The van der Waals surface area contributed by atoms with Gasteiger partial charge in [0.1, 0.15) is 0 Å². The molecular weight excluding hydrogens is 471 g/mol. The van der Waals surface area contributed by atoms with Gasteiger partial charge < -0.3 is 18.9 Å². The van der Waals surface area contributed by atoms with E-state index in [1.54, 1.807) is 0 Å². The third-order valence-corrected chi connectivity index (χ3v) is 11.2. The maximum absolute atomic E-state index is 5.85.